The van der Waals surface area contributed by atoms with Crippen molar-refractivity contribution in [1.82, 2.24) is 14.7 Å². The van der Waals surface area contributed by atoms with Gasteiger partial charge >= 0.3 is 0 Å². The predicted molar refractivity (Wildman–Crippen MR) is 64.3 cm³/mol. The molecule has 2 aromatic rings. The van der Waals surface area contributed by atoms with Gasteiger partial charge in [-0.2, -0.15) is 0 Å². The van der Waals surface area contributed by atoms with Crippen LogP contribution in [-0.4, -0.2) is 22.4 Å². The largest absolute Gasteiger partial charge is 0.370 e. The number of rotatable bonds is 2. The maximum atomic E-state index is 5.55. The first kappa shape index (κ1) is 10.5. The Hall–Kier alpha value is -2.04. The van der Waals surface area contributed by atoms with Crippen molar-refractivity contribution < 1.29 is 0 Å². The van der Waals surface area contributed by atoms with Gasteiger partial charge in [-0.15, -0.1) is 0 Å². The molecule has 16 heavy (non-hydrogen) atoms. The van der Waals surface area contributed by atoms with E-state index in [9.17, 15) is 0 Å². The van der Waals surface area contributed by atoms with Crippen LogP contribution in [0.3, 0.4) is 0 Å². The van der Waals surface area contributed by atoms with Gasteiger partial charge in [-0.25, -0.2) is 4.98 Å². The number of hydrogen-bond acceptors (Lipinski definition) is 2. The van der Waals surface area contributed by atoms with Crippen LogP contribution >= 0.6 is 0 Å². The van der Waals surface area contributed by atoms with Crippen LogP contribution in [0, 0.1) is 6.92 Å². The molecule has 0 aliphatic carbocycles. The number of hydrogen-bond donors (Lipinski definition) is 2. The third-order valence-electron chi connectivity index (χ3n) is 2.44. The molecule has 0 saturated heterocycles. The van der Waals surface area contributed by atoms with Crippen molar-refractivity contribution in [3.63, 3.8) is 0 Å². The number of aliphatic imine (C=N–C) groups is 1. The summed E-state index contributed by atoms with van der Waals surface area (Å²) < 4.78 is 2.05. The number of nitrogens with two attached hydrogens (primary N) is 1. The molecular formula is C11H15N5. The molecule has 0 fully saturated rings. The van der Waals surface area contributed by atoms with Crippen LogP contribution in [0.2, 0.25) is 0 Å². The van der Waals surface area contributed by atoms with Gasteiger partial charge in [0.15, 0.2) is 5.96 Å². The van der Waals surface area contributed by atoms with Crippen LogP contribution in [0.5, 0.6) is 0 Å². The fraction of sp³-hybridized carbons (Fsp3) is 0.273. The van der Waals surface area contributed by atoms with Gasteiger partial charge in [-0.05, 0) is 19.1 Å². The molecule has 2 heterocycles. The van der Waals surface area contributed by atoms with Crippen molar-refractivity contribution in [1.29, 1.82) is 0 Å². The molecule has 5 nitrogen and oxygen atoms in total. The third-order valence-corrected chi connectivity index (χ3v) is 2.44. The number of guanidine groups is 1. The van der Waals surface area contributed by atoms with Gasteiger partial charge in [0.05, 0.1) is 12.2 Å². The molecule has 3 N–H and O–H groups in total. The standard InChI is InChI=1S/C11H15N5/c1-8-4-3-5-10-15-9(7-16(8)10)6-14-11(12)13-2/h3-5,7H,6H2,1-2H3,(H3,12,13,14). The highest BCUT2D eigenvalue weighted by Crippen LogP contribution is 2.07. The van der Waals surface area contributed by atoms with Gasteiger partial charge in [0, 0.05) is 18.9 Å². The molecule has 0 amide bonds. The fourth-order valence-corrected chi connectivity index (χ4v) is 1.54. The van der Waals surface area contributed by atoms with E-state index in [0.29, 0.717) is 12.5 Å². The van der Waals surface area contributed by atoms with Crippen LogP contribution < -0.4 is 11.1 Å². The Morgan fingerprint density at radius 2 is 2.38 bits per heavy atom. The van der Waals surface area contributed by atoms with Gasteiger partial charge in [-0.3, -0.25) is 4.99 Å². The van der Waals surface area contributed by atoms with Crippen molar-refractivity contribution in [2.45, 2.75) is 13.5 Å². The zero-order chi connectivity index (χ0) is 11.5. The first-order valence-corrected chi connectivity index (χ1v) is 5.10. The highest BCUT2D eigenvalue weighted by Gasteiger charge is 2.02. The van der Waals surface area contributed by atoms with E-state index in [0.717, 1.165) is 17.0 Å². The summed E-state index contributed by atoms with van der Waals surface area (Å²) in [6.07, 6.45) is 2.00. The summed E-state index contributed by atoms with van der Waals surface area (Å²) >= 11 is 0. The van der Waals surface area contributed by atoms with Crippen molar-refractivity contribution in [3.05, 3.63) is 35.8 Å². The first-order chi connectivity index (χ1) is 7.70. The molecule has 0 atom stereocenters. The van der Waals surface area contributed by atoms with Crippen molar-refractivity contribution in [2.24, 2.45) is 10.7 Å². The number of nitrogens with one attached hydrogen (secondary N) is 1. The Morgan fingerprint density at radius 3 is 3.06 bits per heavy atom. The third kappa shape index (κ3) is 1.98. The predicted octanol–water partition coefficient (Wildman–Crippen LogP) is 0.677. The van der Waals surface area contributed by atoms with Crippen molar-refractivity contribution >= 4 is 11.6 Å². The minimum absolute atomic E-state index is 0.425. The Bertz CT molecular complexity index is 526. The van der Waals surface area contributed by atoms with Crippen LogP contribution in [0.15, 0.2) is 29.4 Å². The van der Waals surface area contributed by atoms with E-state index in [1.165, 1.54) is 0 Å². The zero-order valence-corrected chi connectivity index (χ0v) is 9.44. The topological polar surface area (TPSA) is 67.7 Å². The lowest BCUT2D eigenvalue weighted by Gasteiger charge is -2.00. The van der Waals surface area contributed by atoms with Gasteiger partial charge in [0.1, 0.15) is 5.65 Å². The molecule has 0 unspecified atom stereocenters. The highest BCUT2D eigenvalue weighted by atomic mass is 15.1. The second kappa shape index (κ2) is 4.22. The maximum absolute atomic E-state index is 5.55. The molecule has 0 radical (unpaired) electrons. The van der Waals surface area contributed by atoms with Crippen molar-refractivity contribution in [2.75, 3.05) is 7.05 Å². The first-order valence-electron chi connectivity index (χ1n) is 5.10. The monoisotopic (exact) mass is 217 g/mol. The van der Waals surface area contributed by atoms with E-state index < -0.39 is 0 Å². The Balaban J connectivity index is 2.23. The molecule has 5 heteroatoms. The number of pyridine rings is 1. The SMILES string of the molecule is CN=C(N)NCc1cn2c(C)cccc2n1. The summed E-state index contributed by atoms with van der Waals surface area (Å²) in [5.74, 6) is 0.425. The Kier molecular flexibility index (Phi) is 2.76. The molecule has 0 bridgehead atoms. The Labute approximate surface area is 94.0 Å². The number of aromatic nitrogens is 2. The van der Waals surface area contributed by atoms with Crippen LogP contribution in [0.25, 0.3) is 5.65 Å². The molecule has 0 aliphatic rings. The summed E-state index contributed by atoms with van der Waals surface area (Å²) in [5, 5.41) is 2.98. The van der Waals surface area contributed by atoms with E-state index in [4.69, 9.17) is 5.73 Å². The number of nitrogens with zero attached hydrogens (tertiary/aromatic N) is 3. The minimum Gasteiger partial charge on any atom is -0.370 e. The summed E-state index contributed by atoms with van der Waals surface area (Å²) in [6, 6.07) is 6.03. The molecular weight excluding hydrogens is 202 g/mol. The lowest BCUT2D eigenvalue weighted by atomic mass is 10.4. The second-order valence-corrected chi connectivity index (χ2v) is 3.59. The van der Waals surface area contributed by atoms with E-state index in [-0.39, 0.29) is 0 Å². The van der Waals surface area contributed by atoms with Gasteiger partial charge < -0.3 is 15.5 Å². The lowest BCUT2D eigenvalue weighted by molar-refractivity contribution is 0.873. The van der Waals surface area contributed by atoms with Gasteiger partial charge in [-0.1, -0.05) is 6.07 Å². The van der Waals surface area contributed by atoms with Gasteiger partial charge in [0.25, 0.3) is 0 Å². The molecule has 0 spiro atoms. The van der Waals surface area contributed by atoms with E-state index in [1.54, 1.807) is 7.05 Å². The summed E-state index contributed by atoms with van der Waals surface area (Å²) in [6.45, 7) is 2.64. The van der Waals surface area contributed by atoms with Crippen LogP contribution in [0.4, 0.5) is 0 Å². The molecule has 0 aromatic carbocycles. The molecule has 0 aliphatic heterocycles. The summed E-state index contributed by atoms with van der Waals surface area (Å²) in [5.41, 5.74) is 8.60. The average molecular weight is 217 g/mol. The maximum Gasteiger partial charge on any atom is 0.188 e. The number of aryl methyl sites for hydroxylation is 1. The second-order valence-electron chi connectivity index (χ2n) is 3.59. The lowest BCUT2D eigenvalue weighted by Crippen LogP contribution is -2.30. The summed E-state index contributed by atoms with van der Waals surface area (Å²) in [7, 11) is 1.65. The average Bonchev–Trinajstić information content (AvgIpc) is 2.70. The van der Waals surface area contributed by atoms with Gasteiger partial charge in [0.2, 0.25) is 0 Å². The quantitative estimate of drug-likeness (QED) is 0.574. The van der Waals surface area contributed by atoms with E-state index in [2.05, 4.69) is 19.7 Å². The minimum atomic E-state index is 0.425. The molecule has 0 saturated carbocycles. The Morgan fingerprint density at radius 1 is 1.56 bits per heavy atom. The number of fused-ring (bicyclic) bond motifs is 1. The molecule has 2 rings (SSSR count). The van der Waals surface area contributed by atoms with E-state index >= 15 is 0 Å². The summed E-state index contributed by atoms with van der Waals surface area (Å²) in [4.78, 5) is 8.29. The fourth-order valence-electron chi connectivity index (χ4n) is 1.54. The van der Waals surface area contributed by atoms with E-state index in [1.807, 2.05) is 31.3 Å². The van der Waals surface area contributed by atoms with Crippen LogP contribution in [-0.2, 0) is 6.54 Å². The normalized spacial score (nSPS) is 12.0. The number of imidazole rings is 1. The zero-order valence-electron chi connectivity index (χ0n) is 9.44. The highest BCUT2D eigenvalue weighted by molar-refractivity contribution is 5.77. The van der Waals surface area contributed by atoms with Crippen LogP contribution in [0.1, 0.15) is 11.4 Å². The van der Waals surface area contributed by atoms with Crippen molar-refractivity contribution in [3.8, 4) is 0 Å². The molecule has 84 valence electrons. The smallest absolute Gasteiger partial charge is 0.188 e. The molecule has 2 aromatic heterocycles.